The van der Waals surface area contributed by atoms with Crippen LogP contribution in [0, 0.1) is 0 Å². The second-order valence-electron chi connectivity index (χ2n) is 12.6. The molecule has 244 valence electrons. The van der Waals surface area contributed by atoms with Crippen LogP contribution in [0.15, 0.2) is 146 Å². The molecule has 0 aliphatic carbocycles. The Morgan fingerprint density at radius 1 is 0.471 bits per heavy atom. The van der Waals surface area contributed by atoms with Crippen molar-refractivity contribution in [1.29, 1.82) is 0 Å². The van der Waals surface area contributed by atoms with Gasteiger partial charge in [-0.05, 0) is 58.7 Å². The number of nitrogens with one attached hydrogen (secondary N) is 2. The Morgan fingerprint density at radius 2 is 0.843 bits per heavy atom. The van der Waals surface area contributed by atoms with E-state index < -0.39 is 6.10 Å². The van der Waals surface area contributed by atoms with Crippen molar-refractivity contribution in [2.75, 3.05) is 7.11 Å². The molecule has 0 amide bonds. The van der Waals surface area contributed by atoms with E-state index in [2.05, 4.69) is 64.6 Å². The van der Waals surface area contributed by atoms with Crippen LogP contribution >= 0.6 is 0 Å². The third-order valence-electron chi connectivity index (χ3n) is 9.53. The lowest BCUT2D eigenvalue weighted by Gasteiger charge is -2.11. The van der Waals surface area contributed by atoms with Crippen molar-refractivity contribution in [2.45, 2.75) is 6.10 Å². The van der Waals surface area contributed by atoms with Gasteiger partial charge >= 0.3 is 0 Å². The zero-order valence-electron chi connectivity index (χ0n) is 27.8. The Balaban J connectivity index is 1.52. The molecule has 0 fully saturated rings. The minimum Gasteiger partial charge on any atom is -0.367 e. The number of hydrogen-bond acceptors (Lipinski definition) is 4. The molecule has 1 atom stereocenters. The van der Waals surface area contributed by atoms with Gasteiger partial charge in [-0.15, -0.1) is 0 Å². The van der Waals surface area contributed by atoms with Crippen LogP contribution in [0.4, 0.5) is 0 Å². The van der Waals surface area contributed by atoms with E-state index >= 15 is 0 Å². The van der Waals surface area contributed by atoms with Crippen LogP contribution in [0.5, 0.6) is 0 Å². The molecule has 6 heteroatoms. The minimum absolute atomic E-state index is 0.197. The summed E-state index contributed by atoms with van der Waals surface area (Å²) in [7, 11) is 1.57. The van der Waals surface area contributed by atoms with Crippen molar-refractivity contribution >= 4 is 40.0 Å². The second-order valence-corrected chi connectivity index (χ2v) is 12.6. The van der Waals surface area contributed by atoms with Gasteiger partial charge in [0.15, 0.2) is 6.10 Å². The van der Waals surface area contributed by atoms with Crippen LogP contribution in [0.2, 0.25) is 0 Å². The number of carbonyl (C=O) groups is 1. The molecule has 51 heavy (non-hydrogen) atoms. The number of aromatic nitrogens is 4. The standard InChI is InChI=1S/C45H32N4O2/c1-51-45-43-41(31-20-12-5-13-21-31)37-27-25-35(48-37)39(29-16-8-3-9-17-29)33-23-22-32(46-33)38(28-14-6-2-7-15-28)34-24-26-36(47-34)40(42(49-43)44(45)50)30-18-10-4-11-19-30/h2-27,45,47-48H,1H3. The Morgan fingerprint density at radius 3 is 1.27 bits per heavy atom. The summed E-state index contributed by atoms with van der Waals surface area (Å²) in [6, 6.07) is 48.8. The number of nitrogens with zero attached hydrogens (tertiary/aromatic N) is 2. The molecular formula is C45H32N4O2. The number of hydrogen-bond donors (Lipinski definition) is 2. The summed E-state index contributed by atoms with van der Waals surface area (Å²) in [6.07, 6.45) is 3.27. The normalized spacial score (nSPS) is 13.8. The van der Waals surface area contributed by atoms with Crippen LogP contribution < -0.4 is 0 Å². The summed E-state index contributed by atoms with van der Waals surface area (Å²) in [5.74, 6) is -0.197. The molecule has 3 aromatic heterocycles. The van der Waals surface area contributed by atoms with Gasteiger partial charge < -0.3 is 14.7 Å². The highest BCUT2D eigenvalue weighted by Crippen LogP contribution is 2.41. The highest BCUT2D eigenvalue weighted by atomic mass is 16.5. The summed E-state index contributed by atoms with van der Waals surface area (Å²) < 4.78 is 6.01. The molecule has 7 aromatic rings. The molecule has 0 spiro atoms. The maximum Gasteiger partial charge on any atom is 0.216 e. The van der Waals surface area contributed by atoms with E-state index in [0.29, 0.717) is 17.0 Å². The summed E-state index contributed by atoms with van der Waals surface area (Å²) >= 11 is 0. The molecular weight excluding hydrogens is 629 g/mol. The molecule has 9 rings (SSSR count). The maximum absolute atomic E-state index is 14.6. The first-order valence-corrected chi connectivity index (χ1v) is 16.9. The molecule has 6 nitrogen and oxygen atoms in total. The first-order valence-electron chi connectivity index (χ1n) is 16.9. The van der Waals surface area contributed by atoms with Crippen LogP contribution in [0.1, 0.15) is 33.7 Å². The summed E-state index contributed by atoms with van der Waals surface area (Å²) in [5, 5.41) is 0. The molecule has 2 N–H and O–H groups in total. The fraction of sp³-hybridized carbons (Fsp3) is 0.0444. The topological polar surface area (TPSA) is 83.7 Å². The van der Waals surface area contributed by atoms with Gasteiger partial charge in [0.2, 0.25) is 5.78 Å². The zero-order chi connectivity index (χ0) is 34.3. The van der Waals surface area contributed by atoms with Gasteiger partial charge in [-0.25, -0.2) is 9.97 Å². The van der Waals surface area contributed by atoms with Crippen LogP contribution in [-0.4, -0.2) is 32.8 Å². The Kier molecular flexibility index (Phi) is 7.56. The van der Waals surface area contributed by atoms with E-state index in [1.54, 1.807) is 7.11 Å². The van der Waals surface area contributed by atoms with Crippen molar-refractivity contribution in [1.82, 2.24) is 19.9 Å². The first-order chi connectivity index (χ1) is 25.2. The SMILES string of the molecule is COC1C(=O)c2nc1c(-c1ccccc1)c1ccc([nH]1)c(-c1ccccc1)c1nc(c(-c3ccccc3)c3ccc([nH]3)c2-c2ccccc2)C=C1. The molecule has 2 aliphatic heterocycles. The van der Waals surface area contributed by atoms with Gasteiger partial charge in [0.1, 0.15) is 5.69 Å². The van der Waals surface area contributed by atoms with Gasteiger partial charge in [0.25, 0.3) is 0 Å². The quantitative estimate of drug-likeness (QED) is 0.192. The smallest absolute Gasteiger partial charge is 0.216 e. The van der Waals surface area contributed by atoms with Gasteiger partial charge in [-0.3, -0.25) is 4.79 Å². The van der Waals surface area contributed by atoms with E-state index in [1.165, 1.54) is 0 Å². The summed E-state index contributed by atoms with van der Waals surface area (Å²) in [4.78, 5) is 32.5. The van der Waals surface area contributed by atoms with E-state index in [-0.39, 0.29) is 5.78 Å². The van der Waals surface area contributed by atoms with Crippen molar-refractivity contribution in [3.8, 4) is 44.5 Å². The van der Waals surface area contributed by atoms with Crippen molar-refractivity contribution in [3.63, 3.8) is 0 Å². The van der Waals surface area contributed by atoms with E-state index in [0.717, 1.165) is 72.4 Å². The number of fused-ring (bicyclic) bond motifs is 8. The largest absolute Gasteiger partial charge is 0.367 e. The summed E-state index contributed by atoms with van der Waals surface area (Å²) in [5.41, 5.74) is 13.2. The molecule has 4 aromatic carbocycles. The number of methoxy groups -OCH3 is 1. The number of Topliss-reactive ketones (excluding diaryl/α,β-unsaturated/α-hetero) is 1. The lowest BCUT2D eigenvalue weighted by molar-refractivity contribution is 0.0628. The third-order valence-corrected chi connectivity index (χ3v) is 9.53. The minimum atomic E-state index is -0.909. The summed E-state index contributed by atoms with van der Waals surface area (Å²) in [6.45, 7) is 0. The molecule has 0 saturated carbocycles. The first kappa shape index (κ1) is 30.4. The highest BCUT2D eigenvalue weighted by Gasteiger charge is 2.35. The third kappa shape index (κ3) is 5.30. The number of ketones is 1. The van der Waals surface area contributed by atoms with E-state index in [4.69, 9.17) is 14.7 Å². The lowest BCUT2D eigenvalue weighted by atomic mass is 9.98. The predicted octanol–water partition coefficient (Wildman–Crippen LogP) is 10.7. The average molecular weight is 661 g/mol. The molecule has 1 unspecified atom stereocenters. The van der Waals surface area contributed by atoms with Crippen molar-refractivity contribution < 1.29 is 9.53 Å². The van der Waals surface area contributed by atoms with Gasteiger partial charge in [-0.2, -0.15) is 0 Å². The fourth-order valence-corrected chi connectivity index (χ4v) is 7.24. The van der Waals surface area contributed by atoms with Crippen LogP contribution in [0.25, 0.3) is 78.7 Å². The van der Waals surface area contributed by atoms with E-state index in [9.17, 15) is 4.79 Å². The van der Waals surface area contributed by atoms with Crippen molar-refractivity contribution in [2.24, 2.45) is 0 Å². The molecule has 5 heterocycles. The monoisotopic (exact) mass is 660 g/mol. The number of carbonyl (C=O) groups excluding carboxylic acids is 1. The second kappa shape index (κ2) is 12.7. The molecule has 0 radical (unpaired) electrons. The van der Waals surface area contributed by atoms with E-state index in [1.807, 2.05) is 103 Å². The number of aromatic amines is 2. The predicted molar refractivity (Wildman–Crippen MR) is 206 cm³/mol. The molecule has 2 aliphatic rings. The number of H-pyrrole nitrogens is 2. The average Bonchev–Trinajstić information content (AvgIpc) is 4.01. The van der Waals surface area contributed by atoms with Gasteiger partial charge in [-0.1, -0.05) is 121 Å². The number of benzene rings is 4. The molecule has 8 bridgehead atoms. The number of ether oxygens (including phenoxy) is 1. The maximum atomic E-state index is 14.6. The highest BCUT2D eigenvalue weighted by molar-refractivity contribution is 6.10. The van der Waals surface area contributed by atoms with Crippen LogP contribution in [0.3, 0.4) is 0 Å². The van der Waals surface area contributed by atoms with Crippen LogP contribution in [-0.2, 0) is 4.74 Å². The lowest BCUT2D eigenvalue weighted by Crippen LogP contribution is -2.10. The Hall–Kier alpha value is -6.63. The molecule has 0 saturated heterocycles. The Labute approximate surface area is 294 Å². The van der Waals surface area contributed by atoms with Gasteiger partial charge in [0, 0.05) is 51.4 Å². The zero-order valence-corrected chi connectivity index (χ0v) is 27.8. The van der Waals surface area contributed by atoms with Crippen molar-refractivity contribution in [3.05, 3.63) is 168 Å². The fourth-order valence-electron chi connectivity index (χ4n) is 7.24. The number of rotatable bonds is 5. The van der Waals surface area contributed by atoms with Gasteiger partial charge in [0.05, 0.1) is 17.1 Å². The Bertz CT molecular complexity index is 2620.